The molecule has 0 radical (unpaired) electrons. The quantitative estimate of drug-likeness (QED) is 0.624. The van der Waals surface area contributed by atoms with E-state index in [0.29, 0.717) is 0 Å². The van der Waals surface area contributed by atoms with Gasteiger partial charge in [0.15, 0.2) is 0 Å². The van der Waals surface area contributed by atoms with E-state index in [1.165, 1.54) is 0 Å². The Hall–Kier alpha value is -1.45. The molecule has 1 saturated heterocycles. The minimum atomic E-state index is -0.0706. The van der Waals surface area contributed by atoms with Crippen LogP contribution in [0.3, 0.4) is 0 Å². The minimum Gasteiger partial charge on any atom is -0.345 e. The molecular weight excluding hydrogens is 166 g/mol. The number of carbonyl (C=O) groups is 1. The first-order valence-corrected chi connectivity index (χ1v) is 4.31. The Morgan fingerprint density at radius 1 is 1.62 bits per heavy atom. The number of hydrogen-bond donors (Lipinski definition) is 0. The van der Waals surface area contributed by atoms with Gasteiger partial charge in [0.05, 0.1) is 11.6 Å². The average Bonchev–Trinajstić information content (AvgIpc) is 2.49. The van der Waals surface area contributed by atoms with Crippen molar-refractivity contribution in [3.8, 4) is 0 Å². The SMILES string of the molecule is CN1CC[C@@H](c2cccnn2)C1=O. The van der Waals surface area contributed by atoms with Crippen LogP contribution in [0.25, 0.3) is 0 Å². The molecule has 1 fully saturated rings. The van der Waals surface area contributed by atoms with E-state index in [1.807, 2.05) is 19.2 Å². The minimum absolute atomic E-state index is 0.0706. The van der Waals surface area contributed by atoms with E-state index in [4.69, 9.17) is 0 Å². The number of hydrogen-bond acceptors (Lipinski definition) is 3. The fourth-order valence-corrected chi connectivity index (χ4v) is 1.60. The number of likely N-dealkylation sites (N-methyl/N-ethyl adjacent to an activating group) is 1. The Morgan fingerprint density at radius 3 is 3.00 bits per heavy atom. The zero-order valence-corrected chi connectivity index (χ0v) is 7.47. The third-order valence-corrected chi connectivity index (χ3v) is 2.38. The molecule has 2 heterocycles. The van der Waals surface area contributed by atoms with Crippen LogP contribution in [0.2, 0.25) is 0 Å². The molecule has 0 bridgehead atoms. The Bertz CT molecular complexity index is 312. The average molecular weight is 177 g/mol. The fraction of sp³-hybridized carbons (Fsp3) is 0.444. The molecule has 13 heavy (non-hydrogen) atoms. The zero-order valence-electron chi connectivity index (χ0n) is 7.47. The van der Waals surface area contributed by atoms with Gasteiger partial charge in [0, 0.05) is 19.8 Å². The molecule has 0 saturated carbocycles. The summed E-state index contributed by atoms with van der Waals surface area (Å²) in [6.45, 7) is 0.820. The Morgan fingerprint density at radius 2 is 2.46 bits per heavy atom. The lowest BCUT2D eigenvalue weighted by Crippen LogP contribution is -2.22. The summed E-state index contributed by atoms with van der Waals surface area (Å²) >= 11 is 0. The highest BCUT2D eigenvalue weighted by atomic mass is 16.2. The standard InChI is InChI=1S/C9H11N3O/c1-12-6-4-7(9(12)13)8-3-2-5-10-11-8/h2-3,5,7H,4,6H2,1H3/t7-/m0/s1. The van der Waals surface area contributed by atoms with Crippen LogP contribution in [0.4, 0.5) is 0 Å². The molecule has 2 rings (SSSR count). The van der Waals surface area contributed by atoms with E-state index >= 15 is 0 Å². The largest absolute Gasteiger partial charge is 0.345 e. The highest BCUT2D eigenvalue weighted by Crippen LogP contribution is 2.25. The van der Waals surface area contributed by atoms with Gasteiger partial charge in [-0.05, 0) is 18.6 Å². The van der Waals surface area contributed by atoms with Crippen LogP contribution < -0.4 is 0 Å². The summed E-state index contributed by atoms with van der Waals surface area (Å²) in [7, 11) is 1.82. The molecule has 4 heteroatoms. The molecule has 0 unspecified atom stereocenters. The molecule has 0 spiro atoms. The number of likely N-dealkylation sites (tertiary alicyclic amines) is 1. The second-order valence-electron chi connectivity index (χ2n) is 3.25. The second-order valence-corrected chi connectivity index (χ2v) is 3.25. The van der Waals surface area contributed by atoms with Crippen LogP contribution in [0.5, 0.6) is 0 Å². The van der Waals surface area contributed by atoms with E-state index in [2.05, 4.69) is 10.2 Å². The summed E-state index contributed by atoms with van der Waals surface area (Å²) in [5.74, 6) is 0.0826. The van der Waals surface area contributed by atoms with Crippen molar-refractivity contribution in [3.63, 3.8) is 0 Å². The molecule has 68 valence electrons. The summed E-state index contributed by atoms with van der Waals surface area (Å²) in [4.78, 5) is 13.3. The Labute approximate surface area is 76.6 Å². The summed E-state index contributed by atoms with van der Waals surface area (Å²) in [5, 5.41) is 7.72. The molecule has 0 N–H and O–H groups in total. The maximum absolute atomic E-state index is 11.6. The van der Waals surface area contributed by atoms with E-state index in [0.717, 1.165) is 18.7 Å². The van der Waals surface area contributed by atoms with Gasteiger partial charge in [-0.1, -0.05) is 0 Å². The fourth-order valence-electron chi connectivity index (χ4n) is 1.60. The van der Waals surface area contributed by atoms with Crippen molar-refractivity contribution < 1.29 is 4.79 Å². The predicted molar refractivity (Wildman–Crippen MR) is 47.0 cm³/mol. The summed E-state index contributed by atoms with van der Waals surface area (Å²) in [6.07, 6.45) is 2.47. The zero-order chi connectivity index (χ0) is 9.26. The van der Waals surface area contributed by atoms with Crippen LogP contribution in [0, 0.1) is 0 Å². The van der Waals surface area contributed by atoms with E-state index in [9.17, 15) is 4.79 Å². The number of rotatable bonds is 1. The predicted octanol–water partition coefficient (Wildman–Crippen LogP) is 0.422. The van der Waals surface area contributed by atoms with Gasteiger partial charge in [-0.3, -0.25) is 4.79 Å². The third kappa shape index (κ3) is 1.39. The molecule has 1 aromatic heterocycles. The van der Waals surface area contributed by atoms with Crippen molar-refractivity contribution in [2.24, 2.45) is 0 Å². The van der Waals surface area contributed by atoms with Gasteiger partial charge in [0.25, 0.3) is 0 Å². The van der Waals surface area contributed by atoms with Crippen LogP contribution in [-0.4, -0.2) is 34.6 Å². The van der Waals surface area contributed by atoms with Crippen molar-refractivity contribution in [1.82, 2.24) is 15.1 Å². The number of nitrogens with zero attached hydrogens (tertiary/aromatic N) is 3. The van der Waals surface area contributed by atoms with Gasteiger partial charge in [-0.2, -0.15) is 10.2 Å². The lowest BCUT2D eigenvalue weighted by Gasteiger charge is -2.08. The molecule has 1 aliphatic rings. The molecule has 1 aromatic rings. The third-order valence-electron chi connectivity index (χ3n) is 2.38. The topological polar surface area (TPSA) is 46.1 Å². The molecule has 1 amide bonds. The van der Waals surface area contributed by atoms with Crippen molar-refractivity contribution in [1.29, 1.82) is 0 Å². The number of amides is 1. The van der Waals surface area contributed by atoms with Gasteiger partial charge < -0.3 is 4.90 Å². The van der Waals surface area contributed by atoms with Crippen molar-refractivity contribution >= 4 is 5.91 Å². The summed E-state index contributed by atoms with van der Waals surface area (Å²) < 4.78 is 0. The van der Waals surface area contributed by atoms with Gasteiger partial charge >= 0.3 is 0 Å². The Kier molecular flexibility index (Phi) is 1.96. The lowest BCUT2D eigenvalue weighted by molar-refractivity contribution is -0.127. The molecule has 0 aliphatic carbocycles. The molecule has 0 aromatic carbocycles. The van der Waals surface area contributed by atoms with E-state index < -0.39 is 0 Å². The molecule has 4 nitrogen and oxygen atoms in total. The van der Waals surface area contributed by atoms with Crippen LogP contribution >= 0.6 is 0 Å². The first kappa shape index (κ1) is 8.16. The highest BCUT2D eigenvalue weighted by molar-refractivity contribution is 5.84. The highest BCUT2D eigenvalue weighted by Gasteiger charge is 2.31. The normalized spacial score (nSPS) is 22.4. The maximum Gasteiger partial charge on any atom is 0.231 e. The maximum atomic E-state index is 11.6. The van der Waals surface area contributed by atoms with Gasteiger partial charge in [-0.25, -0.2) is 0 Å². The monoisotopic (exact) mass is 177 g/mol. The van der Waals surface area contributed by atoms with Gasteiger partial charge in [-0.15, -0.1) is 0 Å². The molecule has 1 atom stereocenters. The first-order valence-electron chi connectivity index (χ1n) is 4.31. The smallest absolute Gasteiger partial charge is 0.231 e. The van der Waals surface area contributed by atoms with Crippen LogP contribution in [0.1, 0.15) is 18.0 Å². The van der Waals surface area contributed by atoms with Crippen LogP contribution in [0.15, 0.2) is 18.3 Å². The van der Waals surface area contributed by atoms with E-state index in [-0.39, 0.29) is 11.8 Å². The van der Waals surface area contributed by atoms with Gasteiger partial charge in [0.1, 0.15) is 0 Å². The number of carbonyl (C=O) groups excluding carboxylic acids is 1. The van der Waals surface area contributed by atoms with Crippen molar-refractivity contribution in [2.45, 2.75) is 12.3 Å². The van der Waals surface area contributed by atoms with Crippen LogP contribution in [-0.2, 0) is 4.79 Å². The molecular formula is C9H11N3O. The Balaban J connectivity index is 2.24. The van der Waals surface area contributed by atoms with Crippen molar-refractivity contribution in [2.75, 3.05) is 13.6 Å². The summed E-state index contributed by atoms with van der Waals surface area (Å²) in [5.41, 5.74) is 0.789. The lowest BCUT2D eigenvalue weighted by atomic mass is 10.0. The van der Waals surface area contributed by atoms with E-state index in [1.54, 1.807) is 11.1 Å². The number of aromatic nitrogens is 2. The van der Waals surface area contributed by atoms with Crippen molar-refractivity contribution in [3.05, 3.63) is 24.0 Å². The first-order chi connectivity index (χ1) is 6.29. The van der Waals surface area contributed by atoms with Gasteiger partial charge in [0.2, 0.25) is 5.91 Å². The second kappa shape index (κ2) is 3.12. The molecule has 1 aliphatic heterocycles. The summed E-state index contributed by atoms with van der Waals surface area (Å²) in [6, 6.07) is 3.67.